The maximum absolute atomic E-state index is 12.1. The zero-order valence-corrected chi connectivity index (χ0v) is 14.2. The van der Waals surface area contributed by atoms with E-state index < -0.39 is 22.3 Å². The first-order valence-corrected chi connectivity index (χ1v) is 7.46. The van der Waals surface area contributed by atoms with Crippen molar-refractivity contribution in [3.8, 4) is 5.75 Å². The maximum Gasteiger partial charge on any atom is 0.320 e. The molecule has 0 aromatic heterocycles. The third-order valence-electron chi connectivity index (χ3n) is 3.40. The van der Waals surface area contributed by atoms with Crippen LogP contribution in [0.1, 0.15) is 5.56 Å². The lowest BCUT2D eigenvalue weighted by atomic mass is 10.1. The van der Waals surface area contributed by atoms with Gasteiger partial charge in [-0.15, -0.1) is 0 Å². The number of hydrazine groups is 1. The molecule has 0 radical (unpaired) electrons. The zero-order valence-electron chi connectivity index (χ0n) is 14.2. The number of Topliss-reactive ketones (excluding diaryl/α,β-unsaturated/α-hetero) is 1. The van der Waals surface area contributed by atoms with Gasteiger partial charge >= 0.3 is 5.70 Å². The molecule has 1 aromatic carbocycles. The van der Waals surface area contributed by atoms with Crippen molar-refractivity contribution in [2.45, 2.75) is 6.92 Å². The number of amides is 1. The molecule has 9 heteroatoms. The summed E-state index contributed by atoms with van der Waals surface area (Å²) in [7, 11) is 1.21. The van der Waals surface area contributed by atoms with E-state index in [4.69, 9.17) is 15.3 Å². The monoisotopic (exact) mass is 359 g/mol. The number of hydrogen-bond acceptors (Lipinski definition) is 7. The van der Waals surface area contributed by atoms with Gasteiger partial charge in [0, 0.05) is 17.8 Å². The molecule has 0 bridgehead atoms. The normalized spacial score (nSPS) is 15.2. The number of hydrogen-bond donors (Lipinski definition) is 1. The summed E-state index contributed by atoms with van der Waals surface area (Å²) in [5, 5.41) is 11.7. The van der Waals surface area contributed by atoms with Crippen LogP contribution in [0.5, 0.6) is 5.75 Å². The number of aryl methyl sites for hydroxylation is 1. The van der Waals surface area contributed by atoms with Gasteiger partial charge in [0.2, 0.25) is 0 Å². The number of nitrogens with two attached hydrogens (primary N) is 1. The molecule has 0 atom stereocenters. The number of nitrogens with zero attached hydrogens (tertiary/aromatic N) is 2. The van der Waals surface area contributed by atoms with Crippen molar-refractivity contribution in [2.24, 2.45) is 5.84 Å². The van der Waals surface area contributed by atoms with Crippen molar-refractivity contribution >= 4 is 11.7 Å². The summed E-state index contributed by atoms with van der Waals surface area (Å²) < 4.78 is 10.2. The summed E-state index contributed by atoms with van der Waals surface area (Å²) in [4.78, 5) is 34.0. The smallest absolute Gasteiger partial charge is 0.320 e. The van der Waals surface area contributed by atoms with E-state index in [1.807, 2.05) is 13.0 Å². The average molecular weight is 359 g/mol. The fraction of sp³-hybridized carbons (Fsp3) is 0.176. The van der Waals surface area contributed by atoms with Gasteiger partial charge in [-0.1, -0.05) is 12.1 Å². The lowest BCUT2D eigenvalue weighted by Crippen LogP contribution is -2.36. The van der Waals surface area contributed by atoms with E-state index in [9.17, 15) is 19.7 Å². The van der Waals surface area contributed by atoms with E-state index in [-0.39, 0.29) is 17.9 Å². The topological polar surface area (TPSA) is 125 Å². The van der Waals surface area contributed by atoms with Gasteiger partial charge in [0.25, 0.3) is 11.7 Å². The van der Waals surface area contributed by atoms with Crippen LogP contribution >= 0.6 is 0 Å². The third-order valence-corrected chi connectivity index (χ3v) is 3.40. The number of nitro groups is 1. The number of methoxy groups -OCH3 is 1. The number of benzene rings is 1. The summed E-state index contributed by atoms with van der Waals surface area (Å²) in [6.07, 6.45) is 3.42. The first-order chi connectivity index (χ1) is 12.3. The zero-order chi connectivity index (χ0) is 19.3. The Balaban J connectivity index is 2.11. The molecular formula is C17H17N3O6. The van der Waals surface area contributed by atoms with Crippen LogP contribution in [-0.4, -0.2) is 35.3 Å². The molecule has 9 nitrogen and oxygen atoms in total. The highest BCUT2D eigenvalue weighted by atomic mass is 16.6. The number of carbonyl (C=O) groups excluding carboxylic acids is 2. The summed E-state index contributed by atoms with van der Waals surface area (Å²) in [5.74, 6) is 4.51. The average Bonchev–Trinajstić information content (AvgIpc) is 2.60. The first-order valence-electron chi connectivity index (χ1n) is 7.46. The second-order valence-corrected chi connectivity index (χ2v) is 5.36. The Morgan fingerprint density at radius 2 is 2.12 bits per heavy atom. The molecule has 0 aliphatic heterocycles. The lowest BCUT2D eigenvalue weighted by Gasteiger charge is -2.15. The van der Waals surface area contributed by atoms with Crippen LogP contribution in [0.2, 0.25) is 0 Å². The van der Waals surface area contributed by atoms with E-state index in [0.29, 0.717) is 5.75 Å². The Morgan fingerprint density at radius 1 is 1.38 bits per heavy atom. The number of ketones is 1. The highest BCUT2D eigenvalue weighted by Crippen LogP contribution is 2.20. The van der Waals surface area contributed by atoms with Crippen molar-refractivity contribution in [3.05, 3.63) is 75.3 Å². The second kappa shape index (κ2) is 8.08. The molecule has 0 saturated heterocycles. The molecule has 0 saturated carbocycles. The Morgan fingerprint density at radius 3 is 2.73 bits per heavy atom. The van der Waals surface area contributed by atoms with Gasteiger partial charge in [-0.25, -0.2) is 5.84 Å². The molecule has 0 heterocycles. The van der Waals surface area contributed by atoms with Gasteiger partial charge in [-0.2, -0.15) is 0 Å². The Hall–Kier alpha value is -3.46. The largest absolute Gasteiger partial charge is 0.492 e. The molecule has 1 aliphatic carbocycles. The van der Waals surface area contributed by atoms with Crippen LogP contribution in [0, 0.1) is 17.0 Å². The summed E-state index contributed by atoms with van der Waals surface area (Å²) in [6.45, 7) is 1.56. The number of ether oxygens (including phenoxy) is 2. The summed E-state index contributed by atoms with van der Waals surface area (Å²) in [5.41, 5.74) is 0.468. The molecule has 136 valence electrons. The fourth-order valence-corrected chi connectivity index (χ4v) is 2.13. The van der Waals surface area contributed by atoms with Gasteiger partial charge in [0.1, 0.15) is 5.75 Å². The van der Waals surface area contributed by atoms with Crippen LogP contribution in [0.4, 0.5) is 0 Å². The summed E-state index contributed by atoms with van der Waals surface area (Å²) in [6, 6.07) is 7.14. The third kappa shape index (κ3) is 4.54. The van der Waals surface area contributed by atoms with E-state index in [1.165, 1.54) is 13.2 Å². The van der Waals surface area contributed by atoms with Crippen molar-refractivity contribution < 1.29 is 24.0 Å². The highest BCUT2D eigenvalue weighted by molar-refractivity contribution is 6.07. The molecule has 26 heavy (non-hydrogen) atoms. The number of carbonyl (C=O) groups is 2. The molecule has 0 spiro atoms. The summed E-state index contributed by atoms with van der Waals surface area (Å²) >= 11 is 0. The van der Waals surface area contributed by atoms with E-state index >= 15 is 0 Å². The molecule has 1 aromatic rings. The van der Waals surface area contributed by atoms with Crippen LogP contribution in [0.25, 0.3) is 0 Å². The molecule has 2 rings (SSSR count). The minimum atomic E-state index is -0.854. The van der Waals surface area contributed by atoms with Crippen LogP contribution in [0.3, 0.4) is 0 Å². The maximum atomic E-state index is 12.1. The Labute approximate surface area is 149 Å². The van der Waals surface area contributed by atoms with E-state index in [0.717, 1.165) is 22.8 Å². The first kappa shape index (κ1) is 18.9. The van der Waals surface area contributed by atoms with E-state index in [2.05, 4.69) is 0 Å². The second-order valence-electron chi connectivity index (χ2n) is 5.36. The molecule has 1 amide bonds. The van der Waals surface area contributed by atoms with Crippen molar-refractivity contribution in [2.75, 3.05) is 13.7 Å². The number of allylic oxidation sites excluding steroid dienone is 3. The minimum absolute atomic E-state index is 0.166. The standard InChI is InChI=1S/C17H17N3O6/c1-11-4-3-5-13(6-11)26-10-16(21)19(18)9-12-7-14(20(23)24)17(22)15(8-12)25-2/h3-9H,10,18H2,1-2H3/b12-9+. The molecule has 0 fully saturated rings. The van der Waals surface area contributed by atoms with Crippen LogP contribution < -0.4 is 10.6 Å². The van der Waals surface area contributed by atoms with Gasteiger partial charge < -0.3 is 9.47 Å². The van der Waals surface area contributed by atoms with Gasteiger partial charge in [-0.05, 0) is 30.7 Å². The minimum Gasteiger partial charge on any atom is -0.492 e. The molecule has 1 aliphatic rings. The van der Waals surface area contributed by atoms with Gasteiger partial charge in [0.05, 0.1) is 12.0 Å². The lowest BCUT2D eigenvalue weighted by molar-refractivity contribution is -0.418. The van der Waals surface area contributed by atoms with Crippen molar-refractivity contribution in [1.82, 2.24) is 5.01 Å². The molecule has 2 N–H and O–H groups in total. The quantitative estimate of drug-likeness (QED) is 0.350. The van der Waals surface area contributed by atoms with Crippen molar-refractivity contribution in [3.63, 3.8) is 0 Å². The Bertz CT molecular complexity index is 841. The van der Waals surface area contributed by atoms with Gasteiger partial charge in [-0.3, -0.25) is 24.7 Å². The highest BCUT2D eigenvalue weighted by Gasteiger charge is 2.30. The molecule has 0 unspecified atom stereocenters. The van der Waals surface area contributed by atoms with Gasteiger partial charge in [0.15, 0.2) is 12.4 Å². The SMILES string of the molecule is COC1=C/C(=C/N(N)C(=O)COc2cccc(C)c2)C=C([N+](=O)[O-])C1=O. The van der Waals surface area contributed by atoms with Crippen LogP contribution in [-0.2, 0) is 14.3 Å². The predicted molar refractivity (Wildman–Crippen MR) is 91.0 cm³/mol. The number of rotatable bonds is 6. The van der Waals surface area contributed by atoms with Crippen LogP contribution in [0.15, 0.2) is 59.6 Å². The molecular weight excluding hydrogens is 342 g/mol. The fourth-order valence-electron chi connectivity index (χ4n) is 2.13. The van der Waals surface area contributed by atoms with E-state index in [1.54, 1.807) is 18.2 Å². The van der Waals surface area contributed by atoms with Crippen molar-refractivity contribution in [1.29, 1.82) is 0 Å². The Kier molecular flexibility index (Phi) is 5.86. The predicted octanol–water partition coefficient (Wildman–Crippen LogP) is 1.23.